The largest absolute Gasteiger partial charge is 0.379 e. The minimum Gasteiger partial charge on any atom is -0.379 e. The molecule has 1 aliphatic heterocycles. The van der Waals surface area contributed by atoms with Gasteiger partial charge in [0.2, 0.25) is 0 Å². The summed E-state index contributed by atoms with van der Waals surface area (Å²) in [5.74, 6) is 0. The van der Waals surface area contributed by atoms with Crippen molar-refractivity contribution < 1.29 is 4.74 Å². The van der Waals surface area contributed by atoms with E-state index in [1.54, 1.807) is 0 Å². The molecule has 1 atom stereocenters. The van der Waals surface area contributed by atoms with Crippen molar-refractivity contribution in [3.63, 3.8) is 0 Å². The van der Waals surface area contributed by atoms with Crippen LogP contribution in [0, 0.1) is 0 Å². The highest BCUT2D eigenvalue weighted by Crippen LogP contribution is 2.04. The first-order chi connectivity index (χ1) is 7.84. The number of hydrogen-bond acceptors (Lipinski definition) is 3. The summed E-state index contributed by atoms with van der Waals surface area (Å²) in [7, 11) is 0. The normalized spacial score (nSPS) is 17.4. The average molecular weight is 293 g/mol. The number of nitrogens with two attached hydrogens (primary N) is 1. The molecular weight excluding hydrogens is 271 g/mol. The van der Waals surface area contributed by atoms with Gasteiger partial charge in [0.1, 0.15) is 0 Å². The van der Waals surface area contributed by atoms with Crippen LogP contribution in [0.25, 0.3) is 0 Å². The molecule has 0 unspecified atom stereocenters. The van der Waals surface area contributed by atoms with Gasteiger partial charge in [0.25, 0.3) is 0 Å². The Morgan fingerprint density at radius 2 is 1.72 bits per heavy atom. The van der Waals surface area contributed by atoms with Gasteiger partial charge < -0.3 is 10.5 Å². The van der Waals surface area contributed by atoms with Crippen molar-refractivity contribution in [2.45, 2.75) is 12.5 Å². The standard InChI is InChI=1S/C13H20N2O.2ClH/c14-13(10-12-4-2-1-3-5-12)11-15-6-8-16-9-7-15;;/h1-5,13H,6-11,14H2;2*1H/t13-;;/m1../s1. The Balaban J connectivity index is 0.00000144. The van der Waals surface area contributed by atoms with E-state index in [0.29, 0.717) is 0 Å². The van der Waals surface area contributed by atoms with Crippen LogP contribution in [0.1, 0.15) is 5.56 Å². The van der Waals surface area contributed by atoms with E-state index in [9.17, 15) is 0 Å². The van der Waals surface area contributed by atoms with Crippen LogP contribution < -0.4 is 5.73 Å². The molecule has 1 fully saturated rings. The van der Waals surface area contributed by atoms with Gasteiger partial charge in [-0.3, -0.25) is 4.90 Å². The Labute approximate surface area is 121 Å². The second kappa shape index (κ2) is 9.59. The van der Waals surface area contributed by atoms with Gasteiger partial charge in [-0.2, -0.15) is 0 Å². The fourth-order valence-corrected chi connectivity index (χ4v) is 2.10. The molecule has 0 bridgehead atoms. The van der Waals surface area contributed by atoms with E-state index in [0.717, 1.165) is 39.3 Å². The van der Waals surface area contributed by atoms with Gasteiger partial charge in [-0.1, -0.05) is 30.3 Å². The van der Waals surface area contributed by atoms with Crippen molar-refractivity contribution in [2.75, 3.05) is 32.8 Å². The predicted molar refractivity (Wildman–Crippen MR) is 79.9 cm³/mol. The molecule has 18 heavy (non-hydrogen) atoms. The fourth-order valence-electron chi connectivity index (χ4n) is 2.10. The lowest BCUT2D eigenvalue weighted by molar-refractivity contribution is 0.0353. The highest BCUT2D eigenvalue weighted by Gasteiger charge is 2.13. The van der Waals surface area contributed by atoms with Gasteiger partial charge in [0.05, 0.1) is 13.2 Å². The van der Waals surface area contributed by atoms with Crippen LogP contribution in [-0.2, 0) is 11.2 Å². The Morgan fingerprint density at radius 1 is 1.11 bits per heavy atom. The third kappa shape index (κ3) is 6.03. The SMILES string of the molecule is Cl.Cl.N[C@H](Cc1ccccc1)CN1CCOCC1. The van der Waals surface area contributed by atoms with E-state index in [-0.39, 0.29) is 30.9 Å². The summed E-state index contributed by atoms with van der Waals surface area (Å²) in [5.41, 5.74) is 7.48. The predicted octanol–water partition coefficient (Wildman–Crippen LogP) is 1.73. The lowest BCUT2D eigenvalue weighted by Gasteiger charge is -2.29. The summed E-state index contributed by atoms with van der Waals surface area (Å²) in [6.45, 7) is 4.69. The maximum Gasteiger partial charge on any atom is 0.0594 e. The molecule has 0 aliphatic carbocycles. The van der Waals surface area contributed by atoms with Gasteiger partial charge >= 0.3 is 0 Å². The molecule has 3 nitrogen and oxygen atoms in total. The highest BCUT2D eigenvalue weighted by molar-refractivity contribution is 5.85. The second-order valence-corrected chi connectivity index (χ2v) is 4.36. The molecule has 0 amide bonds. The van der Waals surface area contributed by atoms with Gasteiger partial charge in [-0.05, 0) is 12.0 Å². The van der Waals surface area contributed by atoms with E-state index in [1.807, 2.05) is 6.07 Å². The van der Waals surface area contributed by atoms with Crippen LogP contribution in [0.4, 0.5) is 0 Å². The van der Waals surface area contributed by atoms with E-state index in [2.05, 4.69) is 29.2 Å². The van der Waals surface area contributed by atoms with Gasteiger partial charge in [0, 0.05) is 25.7 Å². The Morgan fingerprint density at radius 3 is 2.33 bits per heavy atom. The number of halogens is 2. The minimum atomic E-state index is 0. The summed E-state index contributed by atoms with van der Waals surface area (Å²) < 4.78 is 5.32. The molecular formula is C13H22Cl2N2O. The molecule has 1 heterocycles. The number of ether oxygens (including phenoxy) is 1. The van der Waals surface area contributed by atoms with E-state index in [1.165, 1.54) is 5.56 Å². The summed E-state index contributed by atoms with van der Waals surface area (Å²) in [6.07, 6.45) is 0.957. The van der Waals surface area contributed by atoms with Crippen molar-refractivity contribution in [3.8, 4) is 0 Å². The zero-order valence-corrected chi connectivity index (χ0v) is 12.1. The Kier molecular flexibility index (Phi) is 9.42. The fraction of sp³-hybridized carbons (Fsp3) is 0.538. The number of rotatable bonds is 4. The van der Waals surface area contributed by atoms with Crippen molar-refractivity contribution >= 4 is 24.8 Å². The Hall–Kier alpha value is -0.320. The molecule has 2 N–H and O–H groups in total. The van der Waals surface area contributed by atoms with E-state index >= 15 is 0 Å². The Bertz CT molecular complexity index is 305. The molecule has 0 saturated carbocycles. The molecule has 1 saturated heterocycles. The molecule has 1 aromatic carbocycles. The second-order valence-electron chi connectivity index (χ2n) is 4.36. The van der Waals surface area contributed by atoms with Gasteiger partial charge in [-0.25, -0.2) is 0 Å². The minimum absolute atomic E-state index is 0. The number of morpholine rings is 1. The van der Waals surface area contributed by atoms with Gasteiger partial charge in [-0.15, -0.1) is 24.8 Å². The first-order valence-electron chi connectivity index (χ1n) is 5.94. The lowest BCUT2D eigenvalue weighted by atomic mass is 10.1. The average Bonchev–Trinajstić information content (AvgIpc) is 2.31. The quantitative estimate of drug-likeness (QED) is 0.919. The molecule has 104 valence electrons. The van der Waals surface area contributed by atoms with Crippen LogP contribution in [-0.4, -0.2) is 43.8 Å². The molecule has 0 aromatic heterocycles. The first kappa shape index (κ1) is 17.7. The summed E-state index contributed by atoms with van der Waals surface area (Å²) in [4.78, 5) is 2.39. The molecule has 2 rings (SSSR count). The van der Waals surface area contributed by atoms with Crippen LogP contribution in [0.2, 0.25) is 0 Å². The highest BCUT2D eigenvalue weighted by atomic mass is 35.5. The van der Waals surface area contributed by atoms with E-state index < -0.39 is 0 Å². The smallest absolute Gasteiger partial charge is 0.0594 e. The third-order valence-corrected chi connectivity index (χ3v) is 2.94. The van der Waals surface area contributed by atoms with Crippen LogP contribution in [0.15, 0.2) is 30.3 Å². The molecule has 1 aromatic rings. The van der Waals surface area contributed by atoms with Crippen molar-refractivity contribution in [1.82, 2.24) is 4.90 Å². The first-order valence-corrected chi connectivity index (χ1v) is 5.94. The van der Waals surface area contributed by atoms with Gasteiger partial charge in [0.15, 0.2) is 0 Å². The van der Waals surface area contributed by atoms with Crippen molar-refractivity contribution in [3.05, 3.63) is 35.9 Å². The zero-order valence-electron chi connectivity index (χ0n) is 10.5. The summed E-state index contributed by atoms with van der Waals surface area (Å²) >= 11 is 0. The number of nitrogens with zero attached hydrogens (tertiary/aromatic N) is 1. The summed E-state index contributed by atoms with van der Waals surface area (Å²) in [6, 6.07) is 10.7. The maximum atomic E-state index is 6.15. The van der Waals surface area contributed by atoms with Crippen molar-refractivity contribution in [1.29, 1.82) is 0 Å². The molecule has 0 radical (unpaired) electrons. The van der Waals surface area contributed by atoms with Crippen LogP contribution >= 0.6 is 24.8 Å². The zero-order chi connectivity index (χ0) is 11.2. The van der Waals surface area contributed by atoms with E-state index in [4.69, 9.17) is 10.5 Å². The molecule has 1 aliphatic rings. The molecule has 0 spiro atoms. The third-order valence-electron chi connectivity index (χ3n) is 2.94. The maximum absolute atomic E-state index is 6.15. The number of benzene rings is 1. The summed E-state index contributed by atoms with van der Waals surface area (Å²) in [5, 5.41) is 0. The topological polar surface area (TPSA) is 38.5 Å². The molecule has 5 heteroatoms. The van der Waals surface area contributed by atoms with Crippen LogP contribution in [0.3, 0.4) is 0 Å². The number of hydrogen-bond donors (Lipinski definition) is 1. The monoisotopic (exact) mass is 292 g/mol. The van der Waals surface area contributed by atoms with Crippen molar-refractivity contribution in [2.24, 2.45) is 5.73 Å². The van der Waals surface area contributed by atoms with Crippen LogP contribution in [0.5, 0.6) is 0 Å². The lowest BCUT2D eigenvalue weighted by Crippen LogP contribution is -2.44.